The van der Waals surface area contributed by atoms with Gasteiger partial charge in [0.15, 0.2) is 4.34 Å². The first-order chi connectivity index (χ1) is 8.20. The summed E-state index contributed by atoms with van der Waals surface area (Å²) in [7, 11) is 1.34. The monoisotopic (exact) mass is 267 g/mol. The van der Waals surface area contributed by atoms with Gasteiger partial charge in [0.05, 0.1) is 12.7 Å². The van der Waals surface area contributed by atoms with Crippen molar-refractivity contribution in [3.63, 3.8) is 0 Å². The van der Waals surface area contributed by atoms with Gasteiger partial charge < -0.3 is 10.5 Å². The fourth-order valence-corrected chi connectivity index (χ4v) is 2.74. The summed E-state index contributed by atoms with van der Waals surface area (Å²) in [6, 6.07) is 5.10. The van der Waals surface area contributed by atoms with Crippen molar-refractivity contribution < 1.29 is 9.53 Å². The summed E-state index contributed by atoms with van der Waals surface area (Å²) in [5, 5.41) is 7.65. The van der Waals surface area contributed by atoms with Gasteiger partial charge in [0.2, 0.25) is 0 Å². The molecule has 0 radical (unpaired) electrons. The predicted molar refractivity (Wildman–Crippen MR) is 66.2 cm³/mol. The Hall–Kier alpha value is -1.60. The average Bonchev–Trinajstić information content (AvgIpc) is 2.83. The van der Waals surface area contributed by atoms with Crippen molar-refractivity contribution in [2.75, 3.05) is 12.8 Å². The van der Waals surface area contributed by atoms with Crippen LogP contribution in [0.15, 0.2) is 32.9 Å². The molecule has 17 heavy (non-hydrogen) atoms. The molecule has 0 fully saturated rings. The first-order valence-electron chi connectivity index (χ1n) is 4.62. The average molecular weight is 267 g/mol. The van der Waals surface area contributed by atoms with E-state index in [0.29, 0.717) is 11.3 Å². The molecule has 0 aliphatic rings. The van der Waals surface area contributed by atoms with Gasteiger partial charge in [0.1, 0.15) is 5.51 Å². The summed E-state index contributed by atoms with van der Waals surface area (Å²) >= 11 is 2.77. The highest BCUT2D eigenvalue weighted by atomic mass is 32.2. The van der Waals surface area contributed by atoms with E-state index in [1.54, 1.807) is 23.7 Å². The van der Waals surface area contributed by atoms with E-state index in [1.807, 2.05) is 0 Å². The third kappa shape index (κ3) is 2.75. The van der Waals surface area contributed by atoms with Crippen LogP contribution in [0.2, 0.25) is 0 Å². The van der Waals surface area contributed by atoms with Crippen LogP contribution in [0.25, 0.3) is 0 Å². The van der Waals surface area contributed by atoms with Crippen molar-refractivity contribution in [3.8, 4) is 0 Å². The zero-order chi connectivity index (χ0) is 12.3. The lowest BCUT2D eigenvalue weighted by Gasteiger charge is -2.06. The van der Waals surface area contributed by atoms with Crippen molar-refractivity contribution in [2.24, 2.45) is 0 Å². The van der Waals surface area contributed by atoms with Crippen LogP contribution in [0.5, 0.6) is 0 Å². The number of ether oxygens (including phenoxy) is 1. The molecule has 0 aliphatic heterocycles. The maximum atomic E-state index is 11.6. The number of nitrogens with zero attached hydrogens (tertiary/aromatic N) is 2. The molecule has 0 atom stereocenters. The van der Waals surface area contributed by atoms with Crippen molar-refractivity contribution in [2.45, 2.75) is 9.24 Å². The highest BCUT2D eigenvalue weighted by molar-refractivity contribution is 8.01. The van der Waals surface area contributed by atoms with Crippen LogP contribution >= 0.6 is 23.1 Å². The molecule has 5 nitrogen and oxygen atoms in total. The first kappa shape index (κ1) is 11.9. The Morgan fingerprint density at radius 3 is 3.00 bits per heavy atom. The van der Waals surface area contributed by atoms with Crippen LogP contribution in [0.4, 0.5) is 5.69 Å². The largest absolute Gasteiger partial charge is 0.465 e. The molecule has 0 saturated carbocycles. The van der Waals surface area contributed by atoms with Gasteiger partial charge in [-0.1, -0.05) is 23.1 Å². The lowest BCUT2D eigenvalue weighted by molar-refractivity contribution is 0.0597. The van der Waals surface area contributed by atoms with Gasteiger partial charge in [-0.15, -0.1) is 10.2 Å². The second-order valence-electron chi connectivity index (χ2n) is 3.05. The molecule has 7 heteroatoms. The number of aromatic nitrogens is 2. The van der Waals surface area contributed by atoms with Gasteiger partial charge in [-0.05, 0) is 18.2 Å². The van der Waals surface area contributed by atoms with Crippen LogP contribution in [0.1, 0.15) is 10.4 Å². The Kier molecular flexibility index (Phi) is 3.60. The van der Waals surface area contributed by atoms with E-state index in [0.717, 1.165) is 9.24 Å². The molecule has 0 unspecified atom stereocenters. The second-order valence-corrected chi connectivity index (χ2v) is 5.18. The van der Waals surface area contributed by atoms with Crippen LogP contribution in [-0.2, 0) is 4.74 Å². The van der Waals surface area contributed by atoms with Crippen LogP contribution in [0.3, 0.4) is 0 Å². The van der Waals surface area contributed by atoms with E-state index >= 15 is 0 Å². The van der Waals surface area contributed by atoms with Gasteiger partial charge in [-0.25, -0.2) is 4.79 Å². The minimum atomic E-state index is -0.413. The summed E-state index contributed by atoms with van der Waals surface area (Å²) in [4.78, 5) is 12.3. The predicted octanol–water partition coefficient (Wildman–Crippen LogP) is 2.06. The molecule has 0 amide bonds. The number of methoxy groups -OCH3 is 1. The quantitative estimate of drug-likeness (QED) is 0.677. The normalized spacial score (nSPS) is 10.2. The number of carbonyl (C=O) groups is 1. The molecular formula is C10H9N3O2S2. The Balaban J connectivity index is 2.35. The summed E-state index contributed by atoms with van der Waals surface area (Å²) in [5.41, 5.74) is 8.25. The molecule has 0 bridgehead atoms. The smallest absolute Gasteiger partial charge is 0.339 e. The van der Waals surface area contributed by atoms with Gasteiger partial charge in [-0.2, -0.15) is 0 Å². The summed E-state index contributed by atoms with van der Waals surface area (Å²) in [6.45, 7) is 0. The minimum absolute atomic E-state index is 0.413. The number of esters is 1. The molecule has 1 aromatic carbocycles. The molecule has 0 aliphatic carbocycles. The number of nitrogen functional groups attached to an aromatic ring is 1. The lowest BCUT2D eigenvalue weighted by Crippen LogP contribution is -2.04. The minimum Gasteiger partial charge on any atom is -0.465 e. The molecule has 2 N–H and O–H groups in total. The highest BCUT2D eigenvalue weighted by Crippen LogP contribution is 2.32. The van der Waals surface area contributed by atoms with Crippen molar-refractivity contribution in [1.82, 2.24) is 10.2 Å². The van der Waals surface area contributed by atoms with Gasteiger partial charge in [0, 0.05) is 10.6 Å². The van der Waals surface area contributed by atoms with E-state index < -0.39 is 5.97 Å². The summed E-state index contributed by atoms with van der Waals surface area (Å²) in [6.07, 6.45) is 0. The Morgan fingerprint density at radius 1 is 1.53 bits per heavy atom. The number of nitrogens with two attached hydrogens (primary N) is 1. The first-order valence-corrected chi connectivity index (χ1v) is 6.32. The van der Waals surface area contributed by atoms with E-state index in [9.17, 15) is 4.79 Å². The van der Waals surface area contributed by atoms with Gasteiger partial charge in [0.25, 0.3) is 0 Å². The highest BCUT2D eigenvalue weighted by Gasteiger charge is 2.14. The van der Waals surface area contributed by atoms with Crippen LogP contribution < -0.4 is 5.73 Å². The second kappa shape index (κ2) is 5.15. The summed E-state index contributed by atoms with van der Waals surface area (Å²) in [5.74, 6) is -0.413. The fourth-order valence-electron chi connectivity index (χ4n) is 1.21. The SMILES string of the molecule is COC(=O)c1cc(N)ccc1Sc1nncs1. The molecular weight excluding hydrogens is 258 g/mol. The maximum Gasteiger partial charge on any atom is 0.339 e. The van der Waals surface area contributed by atoms with Crippen LogP contribution in [-0.4, -0.2) is 23.3 Å². The van der Waals surface area contributed by atoms with Crippen molar-refractivity contribution in [3.05, 3.63) is 29.3 Å². The van der Waals surface area contributed by atoms with E-state index in [-0.39, 0.29) is 0 Å². The number of hydrogen-bond acceptors (Lipinski definition) is 7. The zero-order valence-corrected chi connectivity index (χ0v) is 10.5. The number of hydrogen-bond donors (Lipinski definition) is 1. The zero-order valence-electron chi connectivity index (χ0n) is 8.91. The third-order valence-electron chi connectivity index (χ3n) is 1.95. The molecule has 2 rings (SSSR count). The third-order valence-corrected chi connectivity index (χ3v) is 3.80. The molecule has 88 valence electrons. The Labute approximate surface area is 106 Å². The van der Waals surface area contributed by atoms with Crippen molar-refractivity contribution >= 4 is 34.8 Å². The Bertz CT molecular complexity index is 528. The number of rotatable bonds is 3. The van der Waals surface area contributed by atoms with Gasteiger partial charge in [-0.3, -0.25) is 0 Å². The topological polar surface area (TPSA) is 78.1 Å². The number of anilines is 1. The molecule has 0 saturated heterocycles. The summed E-state index contributed by atoms with van der Waals surface area (Å²) < 4.78 is 5.47. The maximum absolute atomic E-state index is 11.6. The number of carbonyl (C=O) groups excluding carboxylic acids is 1. The fraction of sp³-hybridized carbons (Fsp3) is 0.100. The lowest BCUT2D eigenvalue weighted by atomic mass is 10.2. The van der Waals surface area contributed by atoms with Crippen LogP contribution in [0, 0.1) is 0 Å². The molecule has 1 aromatic heterocycles. The van der Waals surface area contributed by atoms with E-state index in [2.05, 4.69) is 10.2 Å². The standard InChI is InChI=1S/C10H9N3O2S2/c1-15-9(14)7-4-6(11)2-3-8(7)17-10-13-12-5-16-10/h2-5H,11H2,1H3. The number of benzene rings is 1. The van der Waals surface area contributed by atoms with E-state index in [1.165, 1.54) is 30.2 Å². The molecule has 2 aromatic rings. The van der Waals surface area contributed by atoms with E-state index in [4.69, 9.17) is 10.5 Å². The molecule has 1 heterocycles. The van der Waals surface area contributed by atoms with Gasteiger partial charge >= 0.3 is 5.97 Å². The molecule has 0 spiro atoms. The van der Waals surface area contributed by atoms with Crippen molar-refractivity contribution in [1.29, 1.82) is 0 Å². The Morgan fingerprint density at radius 2 is 2.35 bits per heavy atom.